The Balaban J connectivity index is 1.81. The molecule has 1 N–H and O–H groups in total. The van der Waals surface area contributed by atoms with Crippen LogP contribution in [-0.4, -0.2) is 15.9 Å². The van der Waals surface area contributed by atoms with E-state index in [1.165, 1.54) is 0 Å². The second-order valence-corrected chi connectivity index (χ2v) is 5.56. The van der Waals surface area contributed by atoms with Crippen LogP contribution in [0.1, 0.15) is 25.1 Å². The first-order chi connectivity index (χ1) is 9.28. The van der Waals surface area contributed by atoms with Gasteiger partial charge >= 0.3 is 0 Å². The molecule has 1 aromatic carbocycles. The molecule has 1 heterocycles. The largest absolute Gasteiger partial charge is 0.376 e. The normalized spacial score (nSPS) is 10.6. The van der Waals surface area contributed by atoms with Gasteiger partial charge in [-0.3, -0.25) is 0 Å². The highest BCUT2D eigenvalue weighted by Gasteiger charge is 2.05. The van der Waals surface area contributed by atoms with Gasteiger partial charge in [0.25, 0.3) is 0 Å². The molecule has 0 unspecified atom stereocenters. The number of hydrogen-bond donors (Lipinski definition) is 1. The maximum Gasteiger partial charge on any atom is 0.245 e. The first-order valence-electron chi connectivity index (χ1n) is 6.16. The summed E-state index contributed by atoms with van der Waals surface area (Å²) in [5.41, 5.74) is 0.976. The Morgan fingerprint density at radius 3 is 2.84 bits per heavy atom. The van der Waals surface area contributed by atoms with Gasteiger partial charge in [-0.05, 0) is 36.4 Å². The summed E-state index contributed by atoms with van der Waals surface area (Å²) in [4.78, 5) is 4.33. The molecule has 0 radical (unpaired) electrons. The molecular formula is C13H16ClN3OS. The van der Waals surface area contributed by atoms with Crippen LogP contribution in [0.2, 0.25) is 5.02 Å². The van der Waals surface area contributed by atoms with Gasteiger partial charge in [-0.15, -0.1) is 0 Å². The van der Waals surface area contributed by atoms with E-state index in [4.69, 9.17) is 16.1 Å². The van der Waals surface area contributed by atoms with Crippen LogP contribution >= 0.6 is 23.4 Å². The Morgan fingerprint density at radius 1 is 1.32 bits per heavy atom. The fourth-order valence-corrected chi connectivity index (χ4v) is 2.33. The highest BCUT2D eigenvalue weighted by molar-refractivity contribution is 7.98. The van der Waals surface area contributed by atoms with Crippen molar-refractivity contribution in [1.82, 2.24) is 10.1 Å². The summed E-state index contributed by atoms with van der Waals surface area (Å²) in [6, 6.07) is 7.50. The lowest BCUT2D eigenvalue weighted by atomic mass is 10.3. The maximum atomic E-state index is 5.82. The maximum absolute atomic E-state index is 5.82. The number of aromatic nitrogens is 2. The monoisotopic (exact) mass is 297 g/mol. The van der Waals surface area contributed by atoms with Crippen LogP contribution in [0.5, 0.6) is 0 Å². The standard InChI is InChI=1S/C13H16ClN3OS/c1-2-7-19-9-12-16-13(18-17-12)8-15-11-5-3-10(14)4-6-11/h3-6,15H,2,7-9H2,1H3. The Labute approximate surface area is 121 Å². The minimum atomic E-state index is 0.521. The van der Waals surface area contributed by atoms with Crippen LogP contribution in [0.3, 0.4) is 0 Å². The van der Waals surface area contributed by atoms with E-state index in [-0.39, 0.29) is 0 Å². The highest BCUT2D eigenvalue weighted by atomic mass is 35.5. The summed E-state index contributed by atoms with van der Waals surface area (Å²) in [5.74, 6) is 3.28. The molecule has 6 heteroatoms. The fraction of sp³-hybridized carbons (Fsp3) is 0.385. The van der Waals surface area contributed by atoms with E-state index in [1.807, 2.05) is 36.0 Å². The van der Waals surface area contributed by atoms with Gasteiger partial charge in [0.05, 0.1) is 12.3 Å². The Hall–Kier alpha value is -1.20. The molecule has 0 bridgehead atoms. The summed E-state index contributed by atoms with van der Waals surface area (Å²) in [7, 11) is 0. The summed E-state index contributed by atoms with van der Waals surface area (Å²) in [5, 5.41) is 7.87. The van der Waals surface area contributed by atoms with E-state index in [0.29, 0.717) is 12.4 Å². The van der Waals surface area contributed by atoms with Gasteiger partial charge in [0.15, 0.2) is 5.82 Å². The molecule has 0 amide bonds. The number of anilines is 1. The third-order valence-corrected chi connectivity index (χ3v) is 3.79. The van der Waals surface area contributed by atoms with Crippen molar-refractivity contribution < 1.29 is 4.52 Å². The van der Waals surface area contributed by atoms with Crippen molar-refractivity contribution in [3.05, 3.63) is 41.0 Å². The van der Waals surface area contributed by atoms with Gasteiger partial charge in [-0.1, -0.05) is 23.7 Å². The molecule has 1 aromatic heterocycles. The van der Waals surface area contributed by atoms with Crippen molar-refractivity contribution in [1.29, 1.82) is 0 Å². The number of rotatable bonds is 7. The van der Waals surface area contributed by atoms with Crippen LogP contribution in [0.4, 0.5) is 5.69 Å². The molecule has 2 aromatic rings. The molecule has 0 atom stereocenters. The second kappa shape index (κ2) is 7.40. The Morgan fingerprint density at radius 2 is 2.11 bits per heavy atom. The molecule has 0 spiro atoms. The number of halogens is 1. The zero-order valence-corrected chi connectivity index (χ0v) is 12.3. The van der Waals surface area contributed by atoms with Gasteiger partial charge in [0.1, 0.15) is 0 Å². The van der Waals surface area contributed by atoms with Gasteiger partial charge < -0.3 is 9.84 Å². The average molecular weight is 298 g/mol. The van der Waals surface area contributed by atoms with Crippen LogP contribution < -0.4 is 5.32 Å². The number of thioether (sulfide) groups is 1. The molecule has 0 aliphatic rings. The van der Waals surface area contributed by atoms with E-state index >= 15 is 0 Å². The minimum Gasteiger partial charge on any atom is -0.376 e. The highest BCUT2D eigenvalue weighted by Crippen LogP contribution is 2.15. The molecule has 0 fully saturated rings. The average Bonchev–Trinajstić information content (AvgIpc) is 2.86. The predicted molar refractivity (Wildman–Crippen MR) is 79.5 cm³/mol. The van der Waals surface area contributed by atoms with Crippen LogP contribution in [0.15, 0.2) is 28.8 Å². The lowest BCUT2D eigenvalue weighted by Crippen LogP contribution is -1.99. The van der Waals surface area contributed by atoms with E-state index in [9.17, 15) is 0 Å². The molecule has 0 saturated carbocycles. The molecule has 19 heavy (non-hydrogen) atoms. The lowest BCUT2D eigenvalue weighted by Gasteiger charge is -2.02. The van der Waals surface area contributed by atoms with Crippen molar-refractivity contribution in [3.63, 3.8) is 0 Å². The van der Waals surface area contributed by atoms with E-state index in [1.54, 1.807) is 0 Å². The molecule has 0 aliphatic carbocycles. The van der Waals surface area contributed by atoms with Crippen LogP contribution in [0.25, 0.3) is 0 Å². The summed E-state index contributed by atoms with van der Waals surface area (Å²) in [6.45, 7) is 2.68. The smallest absolute Gasteiger partial charge is 0.245 e. The zero-order chi connectivity index (χ0) is 13.5. The van der Waals surface area contributed by atoms with Gasteiger partial charge in [0, 0.05) is 10.7 Å². The van der Waals surface area contributed by atoms with E-state index in [2.05, 4.69) is 22.4 Å². The first-order valence-corrected chi connectivity index (χ1v) is 7.70. The number of nitrogens with one attached hydrogen (secondary N) is 1. The summed E-state index contributed by atoms with van der Waals surface area (Å²) >= 11 is 7.64. The van der Waals surface area contributed by atoms with Crippen molar-refractivity contribution in [2.24, 2.45) is 0 Å². The molecule has 0 aliphatic heterocycles. The predicted octanol–water partition coefficient (Wildman–Crippen LogP) is 3.98. The van der Waals surface area contributed by atoms with Gasteiger partial charge in [-0.2, -0.15) is 16.7 Å². The topological polar surface area (TPSA) is 51.0 Å². The zero-order valence-electron chi connectivity index (χ0n) is 10.7. The summed E-state index contributed by atoms with van der Waals surface area (Å²) in [6.07, 6.45) is 1.16. The second-order valence-electron chi connectivity index (χ2n) is 4.02. The summed E-state index contributed by atoms with van der Waals surface area (Å²) < 4.78 is 5.18. The van der Waals surface area contributed by atoms with E-state index < -0.39 is 0 Å². The number of nitrogens with zero attached hydrogens (tertiary/aromatic N) is 2. The number of hydrogen-bond acceptors (Lipinski definition) is 5. The van der Waals surface area contributed by atoms with Crippen molar-refractivity contribution in [2.75, 3.05) is 11.1 Å². The molecular weight excluding hydrogens is 282 g/mol. The van der Waals surface area contributed by atoms with Crippen LogP contribution in [0, 0.1) is 0 Å². The molecule has 0 saturated heterocycles. The van der Waals surface area contributed by atoms with Gasteiger partial charge in [-0.25, -0.2) is 0 Å². The first kappa shape index (κ1) is 14.2. The van der Waals surface area contributed by atoms with Crippen molar-refractivity contribution in [2.45, 2.75) is 25.6 Å². The van der Waals surface area contributed by atoms with Gasteiger partial charge in [0.2, 0.25) is 5.89 Å². The third-order valence-electron chi connectivity index (χ3n) is 2.38. The quantitative estimate of drug-likeness (QED) is 0.783. The molecule has 4 nitrogen and oxygen atoms in total. The number of benzene rings is 1. The molecule has 2 rings (SSSR count). The van der Waals surface area contributed by atoms with Crippen LogP contribution in [-0.2, 0) is 12.3 Å². The molecule has 102 valence electrons. The van der Waals surface area contributed by atoms with E-state index in [0.717, 1.165) is 34.5 Å². The Bertz CT molecular complexity index is 501. The SMILES string of the molecule is CCCSCc1noc(CNc2ccc(Cl)cc2)n1. The third kappa shape index (κ3) is 4.76. The fourth-order valence-electron chi connectivity index (χ4n) is 1.47. The lowest BCUT2D eigenvalue weighted by molar-refractivity contribution is 0.379. The van der Waals surface area contributed by atoms with Crippen molar-refractivity contribution >= 4 is 29.1 Å². The minimum absolute atomic E-state index is 0.521. The Kier molecular flexibility index (Phi) is 5.54. The van der Waals surface area contributed by atoms with Crippen molar-refractivity contribution in [3.8, 4) is 0 Å².